The molecule has 0 amide bonds. The Kier molecular flexibility index (Phi) is 5.88. The maximum absolute atomic E-state index is 10.6. The molecule has 0 unspecified atom stereocenters. The van der Waals surface area contributed by atoms with Gasteiger partial charge >= 0.3 is 0 Å². The van der Waals surface area contributed by atoms with E-state index in [1.807, 2.05) is 0 Å². The van der Waals surface area contributed by atoms with Gasteiger partial charge < -0.3 is 0 Å². The Labute approximate surface area is 131 Å². The number of aldehydes is 1. The molecule has 0 aromatic carbocycles. The van der Waals surface area contributed by atoms with E-state index < -0.39 is 16.8 Å². The lowest BCUT2D eigenvalue weighted by Crippen LogP contribution is -2.56. The average molecular weight is 396 g/mol. The normalized spacial score (nSPS) is 15.3. The van der Waals surface area contributed by atoms with Gasteiger partial charge in [0.2, 0.25) is 12.5 Å². The van der Waals surface area contributed by atoms with Crippen molar-refractivity contribution in [3.63, 3.8) is 0 Å². The summed E-state index contributed by atoms with van der Waals surface area (Å²) in [6.45, 7) is 0. The first-order valence-corrected chi connectivity index (χ1v) is 6.38. The van der Waals surface area contributed by atoms with Gasteiger partial charge in [0.1, 0.15) is 0 Å². The summed E-state index contributed by atoms with van der Waals surface area (Å²) in [5, 5.41) is 0. The predicted molar refractivity (Wildman–Crippen MR) is 69.7 cm³/mol. The molecule has 0 heterocycles. The van der Waals surface area contributed by atoms with Crippen LogP contribution in [0.15, 0.2) is 0 Å². The van der Waals surface area contributed by atoms with E-state index in [0.717, 1.165) is 0 Å². The summed E-state index contributed by atoms with van der Waals surface area (Å²) in [5.41, 5.74) is 0. The SMILES string of the molecule is O=CC(Cl)(Cl)C(Cl)(Cl)C(Cl)(Cl)C(Cl)(Cl)Cl. The van der Waals surface area contributed by atoms with Crippen LogP contribution in [0, 0.1) is 0 Å². The molecule has 0 aromatic heterocycles. The quantitative estimate of drug-likeness (QED) is 0.481. The van der Waals surface area contributed by atoms with Crippen molar-refractivity contribution < 1.29 is 4.79 Å². The van der Waals surface area contributed by atoms with Gasteiger partial charge in [0.15, 0.2) is 10.6 Å². The van der Waals surface area contributed by atoms with Gasteiger partial charge in [-0.1, -0.05) is 104 Å². The highest BCUT2D eigenvalue weighted by molar-refractivity contribution is 6.81. The molecule has 0 aliphatic heterocycles. The van der Waals surface area contributed by atoms with Gasteiger partial charge in [-0.3, -0.25) is 4.79 Å². The fourth-order valence-electron chi connectivity index (χ4n) is 0.461. The van der Waals surface area contributed by atoms with Crippen molar-refractivity contribution in [1.29, 1.82) is 0 Å². The fourth-order valence-corrected chi connectivity index (χ4v) is 2.32. The van der Waals surface area contributed by atoms with Crippen LogP contribution in [0.2, 0.25) is 0 Å². The maximum Gasteiger partial charge on any atom is 0.226 e. The molecule has 15 heavy (non-hydrogen) atoms. The first kappa shape index (κ1) is 17.3. The van der Waals surface area contributed by atoms with E-state index in [4.69, 9.17) is 104 Å². The van der Waals surface area contributed by atoms with Crippen molar-refractivity contribution in [3.05, 3.63) is 0 Å². The number of carbonyl (C=O) groups is 1. The number of hydrogen-bond donors (Lipinski definition) is 0. The molecule has 0 bridgehead atoms. The molecule has 1 nitrogen and oxygen atoms in total. The monoisotopic (exact) mass is 392 g/mol. The van der Waals surface area contributed by atoms with E-state index >= 15 is 0 Å². The van der Waals surface area contributed by atoms with E-state index in [9.17, 15) is 4.79 Å². The van der Waals surface area contributed by atoms with E-state index in [1.165, 1.54) is 0 Å². The molecule has 0 saturated heterocycles. The summed E-state index contributed by atoms with van der Waals surface area (Å²) < 4.78 is -9.49. The van der Waals surface area contributed by atoms with Gasteiger partial charge in [-0.25, -0.2) is 0 Å². The van der Waals surface area contributed by atoms with Crippen molar-refractivity contribution >= 4 is 111 Å². The Morgan fingerprint density at radius 3 is 1.20 bits per heavy atom. The highest BCUT2D eigenvalue weighted by Crippen LogP contribution is 2.61. The van der Waals surface area contributed by atoms with Crippen LogP contribution in [0.4, 0.5) is 0 Å². The first-order chi connectivity index (χ1) is 6.31. The van der Waals surface area contributed by atoms with Crippen LogP contribution < -0.4 is 0 Å². The summed E-state index contributed by atoms with van der Waals surface area (Å²) >= 11 is 49.9. The number of carbonyl (C=O) groups excluding carboxylic acids is 1. The summed E-state index contributed by atoms with van der Waals surface area (Å²) in [6.07, 6.45) is 0.0199. The van der Waals surface area contributed by atoms with Crippen LogP contribution in [-0.2, 0) is 4.79 Å². The van der Waals surface area contributed by atoms with E-state index in [-0.39, 0.29) is 6.29 Å². The number of hydrogen-bond acceptors (Lipinski definition) is 1. The van der Waals surface area contributed by atoms with Crippen LogP contribution >= 0.6 is 104 Å². The van der Waals surface area contributed by atoms with Crippen LogP contribution in [0.1, 0.15) is 0 Å². The van der Waals surface area contributed by atoms with Crippen molar-refractivity contribution in [1.82, 2.24) is 0 Å². The number of alkyl halides is 9. The highest BCUT2D eigenvalue weighted by atomic mass is 35.6. The zero-order chi connectivity index (χ0) is 12.7. The first-order valence-electron chi connectivity index (χ1n) is 2.98. The fraction of sp³-hybridized carbons (Fsp3) is 0.800. The Morgan fingerprint density at radius 1 is 0.667 bits per heavy atom. The van der Waals surface area contributed by atoms with Crippen molar-refractivity contribution in [2.24, 2.45) is 0 Å². The minimum atomic E-state index is -2.43. The summed E-state index contributed by atoms with van der Waals surface area (Å²) in [5.74, 6) is 0. The molecule has 0 aliphatic rings. The van der Waals surface area contributed by atoms with E-state index in [1.54, 1.807) is 0 Å². The van der Waals surface area contributed by atoms with Crippen molar-refractivity contribution in [2.75, 3.05) is 0 Å². The average Bonchev–Trinajstić information content (AvgIpc) is 2.01. The zero-order valence-electron chi connectivity index (χ0n) is 6.39. The molecule has 90 valence electrons. The molecule has 0 radical (unpaired) electrons. The van der Waals surface area contributed by atoms with Crippen LogP contribution in [0.3, 0.4) is 0 Å². The Morgan fingerprint density at radius 2 is 1.00 bits per heavy atom. The lowest BCUT2D eigenvalue weighted by molar-refractivity contribution is -0.108. The van der Waals surface area contributed by atoms with Gasteiger partial charge in [0, 0.05) is 0 Å². The van der Waals surface area contributed by atoms with E-state index in [2.05, 4.69) is 0 Å². The molecule has 0 fully saturated rings. The molecule has 0 rings (SSSR count). The zero-order valence-corrected chi connectivity index (χ0v) is 13.2. The molecule has 0 spiro atoms. The summed E-state index contributed by atoms with van der Waals surface area (Å²) in [4.78, 5) is 10.6. The molecular weight excluding hydrogens is 395 g/mol. The van der Waals surface area contributed by atoms with Gasteiger partial charge in [-0.2, -0.15) is 0 Å². The second-order valence-corrected chi connectivity index (χ2v) is 8.71. The lowest BCUT2D eigenvalue weighted by Gasteiger charge is -2.41. The second-order valence-electron chi connectivity index (χ2n) is 2.39. The third-order valence-corrected chi connectivity index (χ3v) is 6.56. The predicted octanol–water partition coefficient (Wildman–Crippen LogP) is 5.08. The third-order valence-electron chi connectivity index (χ3n) is 1.32. The Bertz CT molecular complexity index is 252. The van der Waals surface area contributed by atoms with Crippen molar-refractivity contribution in [2.45, 2.75) is 16.8 Å². The molecule has 0 aliphatic carbocycles. The van der Waals surface area contributed by atoms with Crippen LogP contribution in [-0.4, -0.2) is 23.1 Å². The molecule has 0 N–H and O–H groups in total. The smallest absolute Gasteiger partial charge is 0.226 e. The molecule has 0 atom stereocenters. The Hall–Kier alpha value is 2.28. The number of halogens is 9. The summed E-state index contributed by atoms with van der Waals surface area (Å²) in [7, 11) is 0. The Balaban J connectivity index is 5.47. The lowest BCUT2D eigenvalue weighted by atomic mass is 10.2. The second kappa shape index (κ2) is 5.11. The minimum Gasteiger partial charge on any atom is -0.300 e. The van der Waals surface area contributed by atoms with Crippen LogP contribution in [0.5, 0.6) is 0 Å². The van der Waals surface area contributed by atoms with E-state index in [0.29, 0.717) is 0 Å². The maximum atomic E-state index is 10.6. The largest absolute Gasteiger partial charge is 0.300 e. The third kappa shape index (κ3) is 3.19. The van der Waals surface area contributed by atoms with Gasteiger partial charge in [-0.15, -0.1) is 0 Å². The minimum absolute atomic E-state index is 0.0199. The van der Waals surface area contributed by atoms with Crippen LogP contribution in [0.25, 0.3) is 0 Å². The van der Waals surface area contributed by atoms with Gasteiger partial charge in [-0.05, 0) is 0 Å². The standard InChI is InChI=1S/C5HCl9O/c6-2(7,1-15)3(8,9)4(10,11)5(12,13)14/h1H. The molecular formula is C5HCl9O. The molecule has 10 heteroatoms. The highest BCUT2D eigenvalue weighted by Gasteiger charge is 2.68. The topological polar surface area (TPSA) is 17.1 Å². The van der Waals surface area contributed by atoms with Gasteiger partial charge in [0.05, 0.1) is 0 Å². The molecule has 0 saturated carbocycles. The van der Waals surface area contributed by atoms with Gasteiger partial charge in [0.25, 0.3) is 0 Å². The number of rotatable bonds is 3. The summed E-state index contributed by atoms with van der Waals surface area (Å²) in [6, 6.07) is 0. The molecule has 0 aromatic rings. The van der Waals surface area contributed by atoms with Crippen molar-refractivity contribution in [3.8, 4) is 0 Å².